The normalized spacial score (nSPS) is 25.8. The molecule has 0 amide bonds. The fraction of sp³-hybridized carbons (Fsp3) is 0.714. The molecule has 2 aliphatic carbocycles. The Labute approximate surface area is 188 Å². The molecule has 0 atom stereocenters. The van der Waals surface area contributed by atoms with Crippen molar-refractivity contribution in [2.24, 2.45) is 5.92 Å². The third-order valence-corrected chi connectivity index (χ3v) is 8.46. The average Bonchev–Trinajstić information content (AvgIpc) is 3.29. The monoisotopic (exact) mass is 461 g/mol. The van der Waals surface area contributed by atoms with Gasteiger partial charge in [-0.25, -0.2) is 22.7 Å². The number of sulfonamides is 1. The summed E-state index contributed by atoms with van der Waals surface area (Å²) in [4.78, 5) is 8.99. The van der Waals surface area contributed by atoms with E-state index in [2.05, 4.69) is 37.0 Å². The summed E-state index contributed by atoms with van der Waals surface area (Å²) in [6.07, 6.45) is 12.8. The fourth-order valence-corrected chi connectivity index (χ4v) is 5.46. The predicted octanol–water partition coefficient (Wildman–Crippen LogP) is 1.99. The summed E-state index contributed by atoms with van der Waals surface area (Å²) in [5.41, 5.74) is 1.30. The highest BCUT2D eigenvalue weighted by molar-refractivity contribution is 7.88. The summed E-state index contributed by atoms with van der Waals surface area (Å²) in [5.74, 6) is 1.59. The average molecular weight is 462 g/mol. The van der Waals surface area contributed by atoms with Crippen molar-refractivity contribution in [3.8, 4) is 6.01 Å². The lowest BCUT2D eigenvalue weighted by Crippen LogP contribution is -2.42. The number of hydrogen-bond donors (Lipinski definition) is 1. The molecule has 5 rings (SSSR count). The summed E-state index contributed by atoms with van der Waals surface area (Å²) in [6.45, 7) is 3.95. The molecule has 0 unspecified atom stereocenters. The van der Waals surface area contributed by atoms with E-state index in [4.69, 9.17) is 4.74 Å². The van der Waals surface area contributed by atoms with Crippen molar-refractivity contribution in [1.82, 2.24) is 29.0 Å². The first-order valence-corrected chi connectivity index (χ1v) is 13.2. The van der Waals surface area contributed by atoms with E-state index in [0.717, 1.165) is 44.1 Å². The lowest BCUT2D eigenvalue weighted by Gasteiger charge is -2.35. The molecule has 1 N–H and O–H groups in total. The summed E-state index contributed by atoms with van der Waals surface area (Å²) in [6, 6.07) is 0.832. The van der Waals surface area contributed by atoms with Crippen molar-refractivity contribution in [3.63, 3.8) is 0 Å². The highest BCUT2D eigenvalue weighted by atomic mass is 32.2. The Morgan fingerprint density at radius 2 is 1.88 bits per heavy atom. The summed E-state index contributed by atoms with van der Waals surface area (Å²) >= 11 is 0. The first kappa shape index (κ1) is 21.6. The Kier molecular flexibility index (Phi) is 5.56. The van der Waals surface area contributed by atoms with Crippen LogP contribution in [0.25, 0.3) is 0 Å². The molecule has 32 heavy (non-hydrogen) atoms. The van der Waals surface area contributed by atoms with Crippen LogP contribution >= 0.6 is 0 Å². The van der Waals surface area contributed by atoms with Gasteiger partial charge in [0.15, 0.2) is 0 Å². The minimum Gasteiger partial charge on any atom is -0.463 e. The SMILES string of the molecule is CC1(n2cnnc2OCC2CC(c3cnc(NC4CCN(S(C)(=O)=O)CC4)nc3)C2)CC1. The molecule has 3 aliphatic rings. The first-order valence-electron chi connectivity index (χ1n) is 11.4. The van der Waals surface area contributed by atoms with E-state index in [1.54, 1.807) is 6.33 Å². The van der Waals surface area contributed by atoms with Crippen LogP contribution in [-0.2, 0) is 15.6 Å². The highest BCUT2D eigenvalue weighted by Crippen LogP contribution is 2.45. The highest BCUT2D eigenvalue weighted by Gasteiger charge is 2.42. The number of rotatable bonds is 8. The molecule has 1 saturated heterocycles. The van der Waals surface area contributed by atoms with Crippen LogP contribution in [0.15, 0.2) is 18.7 Å². The number of anilines is 1. The van der Waals surface area contributed by atoms with Crippen molar-refractivity contribution in [2.45, 2.75) is 62.9 Å². The third kappa shape index (κ3) is 4.59. The fourth-order valence-electron chi connectivity index (χ4n) is 4.59. The van der Waals surface area contributed by atoms with Gasteiger partial charge >= 0.3 is 6.01 Å². The van der Waals surface area contributed by atoms with Gasteiger partial charge in [0.25, 0.3) is 0 Å². The van der Waals surface area contributed by atoms with Gasteiger partial charge < -0.3 is 10.1 Å². The molecule has 10 nitrogen and oxygen atoms in total. The number of piperidine rings is 1. The lowest BCUT2D eigenvalue weighted by atomic mass is 9.72. The molecule has 0 radical (unpaired) electrons. The number of hydrogen-bond acceptors (Lipinski definition) is 8. The van der Waals surface area contributed by atoms with E-state index in [1.165, 1.54) is 10.6 Å². The Morgan fingerprint density at radius 3 is 2.50 bits per heavy atom. The maximum atomic E-state index is 11.6. The summed E-state index contributed by atoms with van der Waals surface area (Å²) in [7, 11) is -3.10. The van der Waals surface area contributed by atoms with Crippen molar-refractivity contribution in [1.29, 1.82) is 0 Å². The van der Waals surface area contributed by atoms with E-state index in [1.807, 2.05) is 12.4 Å². The molecule has 2 aromatic heterocycles. The quantitative estimate of drug-likeness (QED) is 0.635. The Bertz CT molecular complexity index is 1040. The van der Waals surface area contributed by atoms with Crippen LogP contribution in [-0.4, -0.2) is 69.4 Å². The molecule has 3 heterocycles. The molecule has 3 fully saturated rings. The van der Waals surface area contributed by atoms with Gasteiger partial charge in [0.05, 0.1) is 12.9 Å². The zero-order chi connectivity index (χ0) is 22.3. The van der Waals surface area contributed by atoms with Gasteiger partial charge in [-0.05, 0) is 62.8 Å². The van der Waals surface area contributed by atoms with Gasteiger partial charge in [-0.1, -0.05) is 5.10 Å². The second-order valence-corrected chi connectivity index (χ2v) is 11.7. The van der Waals surface area contributed by atoms with E-state index in [-0.39, 0.29) is 11.6 Å². The van der Waals surface area contributed by atoms with Gasteiger partial charge in [-0.3, -0.25) is 4.57 Å². The van der Waals surface area contributed by atoms with Gasteiger partial charge in [0.1, 0.15) is 6.33 Å². The molecule has 0 bridgehead atoms. The van der Waals surface area contributed by atoms with E-state index < -0.39 is 10.0 Å². The Hall–Kier alpha value is -2.27. The largest absolute Gasteiger partial charge is 0.463 e. The molecule has 0 aromatic carbocycles. The molecule has 1 aliphatic heterocycles. The van der Waals surface area contributed by atoms with Crippen molar-refractivity contribution >= 4 is 16.0 Å². The minimum atomic E-state index is -3.10. The van der Waals surface area contributed by atoms with Crippen LogP contribution < -0.4 is 10.1 Å². The molecule has 2 aromatic rings. The van der Waals surface area contributed by atoms with Gasteiger partial charge in [-0.15, -0.1) is 5.10 Å². The number of nitrogens with zero attached hydrogens (tertiary/aromatic N) is 6. The van der Waals surface area contributed by atoms with E-state index in [0.29, 0.717) is 43.5 Å². The van der Waals surface area contributed by atoms with E-state index in [9.17, 15) is 8.42 Å². The van der Waals surface area contributed by atoms with Crippen LogP contribution in [0.5, 0.6) is 6.01 Å². The maximum absolute atomic E-state index is 11.6. The minimum absolute atomic E-state index is 0.138. The molecule has 174 valence electrons. The van der Waals surface area contributed by atoms with Gasteiger partial charge in [-0.2, -0.15) is 0 Å². The Morgan fingerprint density at radius 1 is 1.19 bits per heavy atom. The topological polar surface area (TPSA) is 115 Å². The van der Waals surface area contributed by atoms with Crippen molar-refractivity contribution < 1.29 is 13.2 Å². The second kappa shape index (κ2) is 8.26. The van der Waals surface area contributed by atoms with Crippen LogP contribution in [0, 0.1) is 5.92 Å². The van der Waals surface area contributed by atoms with Gasteiger partial charge in [0.2, 0.25) is 16.0 Å². The Balaban J connectivity index is 1.06. The lowest BCUT2D eigenvalue weighted by molar-refractivity contribution is 0.142. The smallest absolute Gasteiger partial charge is 0.317 e. The number of aromatic nitrogens is 5. The molecular formula is C21H31N7O3S. The third-order valence-electron chi connectivity index (χ3n) is 7.15. The van der Waals surface area contributed by atoms with Crippen molar-refractivity contribution in [2.75, 3.05) is 31.3 Å². The van der Waals surface area contributed by atoms with Crippen LogP contribution in [0.1, 0.15) is 56.9 Å². The van der Waals surface area contributed by atoms with Crippen LogP contribution in [0.3, 0.4) is 0 Å². The van der Waals surface area contributed by atoms with Crippen molar-refractivity contribution in [3.05, 3.63) is 24.3 Å². The maximum Gasteiger partial charge on any atom is 0.317 e. The van der Waals surface area contributed by atoms with Crippen LogP contribution in [0.2, 0.25) is 0 Å². The molecule has 2 saturated carbocycles. The second-order valence-electron chi connectivity index (χ2n) is 9.75. The number of nitrogens with one attached hydrogen (secondary N) is 1. The summed E-state index contributed by atoms with van der Waals surface area (Å²) < 4.78 is 32.8. The first-order chi connectivity index (χ1) is 15.3. The van der Waals surface area contributed by atoms with Crippen LogP contribution in [0.4, 0.5) is 5.95 Å². The molecular weight excluding hydrogens is 430 g/mol. The van der Waals surface area contributed by atoms with E-state index >= 15 is 0 Å². The molecule has 0 spiro atoms. The van der Waals surface area contributed by atoms with Gasteiger partial charge in [0, 0.05) is 37.1 Å². The zero-order valence-corrected chi connectivity index (χ0v) is 19.5. The standard InChI is InChI=1S/C21H31N7O3S/c1-21(5-6-21)28-14-24-26-20(28)31-13-15-9-16(10-15)17-11-22-19(23-12-17)25-18-3-7-27(8-4-18)32(2,29)30/h11-12,14-16,18H,3-10,13H2,1-2H3,(H,22,23,25). The summed E-state index contributed by atoms with van der Waals surface area (Å²) in [5, 5.41) is 11.5. The zero-order valence-electron chi connectivity index (χ0n) is 18.6. The number of ether oxygens (including phenoxy) is 1. The molecule has 11 heteroatoms. The predicted molar refractivity (Wildman–Crippen MR) is 119 cm³/mol.